The van der Waals surface area contributed by atoms with Crippen molar-refractivity contribution in [1.29, 1.82) is 0 Å². The molecule has 0 saturated carbocycles. The van der Waals surface area contributed by atoms with Crippen molar-refractivity contribution in [2.45, 2.75) is 0 Å². The Bertz CT molecular complexity index is 1790. The molecule has 0 fully saturated rings. The van der Waals surface area contributed by atoms with E-state index >= 15 is 0 Å². The number of aromatic hydroxyl groups is 1. The van der Waals surface area contributed by atoms with E-state index in [1.54, 1.807) is 67.0 Å². The van der Waals surface area contributed by atoms with E-state index in [2.05, 4.69) is 10.3 Å². The zero-order chi connectivity index (χ0) is 26.4. The molecule has 6 rings (SSSR count). The van der Waals surface area contributed by atoms with Crippen molar-refractivity contribution in [1.82, 2.24) is 9.55 Å². The van der Waals surface area contributed by atoms with E-state index in [-0.39, 0.29) is 28.4 Å². The normalized spacial score (nSPS) is 13.5. The maximum atomic E-state index is 14.8. The Morgan fingerprint density at radius 1 is 1.08 bits per heavy atom. The van der Waals surface area contributed by atoms with Crippen LogP contribution in [0.15, 0.2) is 90.9 Å². The highest BCUT2D eigenvalue weighted by Gasteiger charge is 2.30. The molecule has 2 aromatic heterocycles. The quantitative estimate of drug-likeness (QED) is 0.294. The van der Waals surface area contributed by atoms with Gasteiger partial charge in [-0.25, -0.2) is 9.37 Å². The minimum absolute atomic E-state index is 0.0610. The lowest BCUT2D eigenvalue weighted by atomic mass is 9.98. The van der Waals surface area contributed by atoms with E-state index in [1.165, 1.54) is 18.2 Å². The molecule has 1 amide bonds. The van der Waals surface area contributed by atoms with Crippen molar-refractivity contribution < 1.29 is 23.8 Å². The lowest BCUT2D eigenvalue weighted by molar-refractivity contribution is 0.101. The first-order valence-corrected chi connectivity index (χ1v) is 11.8. The molecule has 0 spiro atoms. The summed E-state index contributed by atoms with van der Waals surface area (Å²) in [5.41, 5.74) is 3.13. The summed E-state index contributed by atoms with van der Waals surface area (Å²) in [7, 11) is 1.82. The summed E-state index contributed by atoms with van der Waals surface area (Å²) >= 11 is 0. The molecule has 0 aliphatic carbocycles. The van der Waals surface area contributed by atoms with Crippen LogP contribution < -0.4 is 10.1 Å². The molecule has 5 aromatic rings. The zero-order valence-electron chi connectivity index (χ0n) is 20.1. The molecule has 0 radical (unpaired) electrons. The van der Waals surface area contributed by atoms with Crippen LogP contribution in [0.1, 0.15) is 26.3 Å². The molecule has 7 nitrogen and oxygen atoms in total. The Labute approximate surface area is 216 Å². The predicted molar refractivity (Wildman–Crippen MR) is 142 cm³/mol. The van der Waals surface area contributed by atoms with Gasteiger partial charge < -0.3 is 19.7 Å². The Balaban J connectivity index is 1.44. The van der Waals surface area contributed by atoms with Gasteiger partial charge in [-0.1, -0.05) is 30.3 Å². The summed E-state index contributed by atoms with van der Waals surface area (Å²) in [6.45, 7) is 0. The van der Waals surface area contributed by atoms with Crippen molar-refractivity contribution in [2.75, 3.05) is 5.32 Å². The number of aryl methyl sites for hydroxylation is 1. The molecule has 3 heterocycles. The van der Waals surface area contributed by atoms with Crippen LogP contribution in [0, 0.1) is 5.82 Å². The molecule has 8 heteroatoms. The number of hydrogen-bond donors (Lipinski definition) is 2. The van der Waals surface area contributed by atoms with Gasteiger partial charge in [0.25, 0.3) is 5.91 Å². The molecule has 0 unspecified atom stereocenters. The van der Waals surface area contributed by atoms with Gasteiger partial charge in [0.05, 0.1) is 5.56 Å². The number of allylic oxidation sites excluding steroid dienone is 1. The van der Waals surface area contributed by atoms with Crippen molar-refractivity contribution in [3.05, 3.63) is 113 Å². The highest BCUT2D eigenvalue weighted by Crippen LogP contribution is 2.39. The van der Waals surface area contributed by atoms with E-state index in [4.69, 9.17) is 4.74 Å². The van der Waals surface area contributed by atoms with E-state index in [0.717, 1.165) is 0 Å². The third-order valence-corrected chi connectivity index (χ3v) is 6.40. The number of para-hydroxylation sites is 1. The van der Waals surface area contributed by atoms with Crippen molar-refractivity contribution in [3.63, 3.8) is 0 Å². The topological polar surface area (TPSA) is 93.5 Å². The van der Waals surface area contributed by atoms with Crippen molar-refractivity contribution >= 4 is 34.5 Å². The zero-order valence-corrected chi connectivity index (χ0v) is 20.1. The van der Waals surface area contributed by atoms with Gasteiger partial charge in [0.2, 0.25) is 5.78 Å². The van der Waals surface area contributed by atoms with Crippen LogP contribution in [0.25, 0.3) is 28.2 Å². The van der Waals surface area contributed by atoms with E-state index in [1.807, 2.05) is 17.7 Å². The van der Waals surface area contributed by atoms with Crippen LogP contribution in [-0.2, 0) is 7.05 Å². The number of hydrogen-bond acceptors (Lipinski definition) is 5. The summed E-state index contributed by atoms with van der Waals surface area (Å²) in [5, 5.41) is 13.5. The van der Waals surface area contributed by atoms with Crippen LogP contribution in [0.2, 0.25) is 0 Å². The molecule has 0 bridgehead atoms. The number of benzene rings is 3. The number of phenolic OH excluding ortho intramolecular Hbond substituents is 1. The number of aromatic nitrogens is 2. The summed E-state index contributed by atoms with van der Waals surface area (Å²) < 4.78 is 22.3. The van der Waals surface area contributed by atoms with Gasteiger partial charge in [-0.05, 0) is 59.7 Å². The number of amides is 1. The highest BCUT2D eigenvalue weighted by molar-refractivity contribution is 6.17. The van der Waals surface area contributed by atoms with Crippen LogP contribution in [0.4, 0.5) is 10.1 Å². The minimum atomic E-state index is -0.648. The van der Waals surface area contributed by atoms with Gasteiger partial charge in [0.15, 0.2) is 5.76 Å². The number of nitrogens with one attached hydrogen (secondary N) is 1. The first kappa shape index (κ1) is 23.2. The molecular weight excluding hydrogens is 485 g/mol. The summed E-state index contributed by atoms with van der Waals surface area (Å²) in [6, 6.07) is 19.6. The lowest BCUT2D eigenvalue weighted by Crippen LogP contribution is -2.13. The fraction of sp³-hybridized carbons (Fsp3) is 0.0333. The Morgan fingerprint density at radius 3 is 2.68 bits per heavy atom. The molecule has 1 aliphatic rings. The Kier molecular flexibility index (Phi) is 5.49. The minimum Gasteiger partial charge on any atom is -0.507 e. The smallest absolute Gasteiger partial charge is 0.258 e. The second-order valence-electron chi connectivity index (χ2n) is 8.86. The number of carbonyl (C=O) groups excluding carboxylic acids is 2. The maximum Gasteiger partial charge on any atom is 0.258 e. The van der Waals surface area contributed by atoms with Gasteiger partial charge in [-0.3, -0.25) is 9.59 Å². The fourth-order valence-corrected chi connectivity index (χ4v) is 4.63. The molecule has 38 heavy (non-hydrogen) atoms. The molecular formula is C30H20FN3O4. The van der Waals surface area contributed by atoms with Gasteiger partial charge in [0.1, 0.15) is 28.5 Å². The second-order valence-corrected chi connectivity index (χ2v) is 8.86. The number of fused-ring (bicyclic) bond motifs is 2. The first-order valence-electron chi connectivity index (χ1n) is 11.8. The average molecular weight is 506 g/mol. The van der Waals surface area contributed by atoms with Gasteiger partial charge in [0, 0.05) is 36.1 Å². The molecule has 1 aliphatic heterocycles. The SMILES string of the molecule is Cn1cc(/C=C2\Oc3cccc(O)c3C2=O)c2c(-c3ccc(F)c(C(=O)Nc4ccccc4)c3)ccnc21. The summed E-state index contributed by atoms with van der Waals surface area (Å²) in [5.74, 6) is -1.45. The van der Waals surface area contributed by atoms with Gasteiger partial charge in [-0.15, -0.1) is 0 Å². The molecule has 0 saturated heterocycles. The summed E-state index contributed by atoms with van der Waals surface area (Å²) in [4.78, 5) is 30.3. The number of ether oxygens (including phenoxy) is 1. The van der Waals surface area contributed by atoms with E-state index in [0.29, 0.717) is 33.4 Å². The fourth-order valence-electron chi connectivity index (χ4n) is 4.63. The van der Waals surface area contributed by atoms with Crippen LogP contribution in [0.3, 0.4) is 0 Å². The average Bonchev–Trinajstić information content (AvgIpc) is 3.41. The van der Waals surface area contributed by atoms with Crippen molar-refractivity contribution in [2.24, 2.45) is 7.05 Å². The number of halogens is 1. The Hall–Kier alpha value is -5.24. The standard InChI is InChI=1S/C30H20FN3O4/c1-34-16-18(15-25-28(36)27-23(35)8-5-9-24(27)38-25)26-20(12-13-32-29(26)34)17-10-11-22(31)21(14-17)30(37)33-19-6-3-2-4-7-19/h2-16,35H,1H3,(H,33,37)/b25-15-. The van der Waals surface area contributed by atoms with Crippen LogP contribution in [-0.4, -0.2) is 26.3 Å². The molecule has 3 aromatic carbocycles. The second kappa shape index (κ2) is 9.01. The number of nitrogens with zero attached hydrogens (tertiary/aromatic N) is 2. The number of carbonyl (C=O) groups is 2. The molecule has 2 N–H and O–H groups in total. The molecule has 186 valence electrons. The number of rotatable bonds is 4. The third kappa shape index (κ3) is 3.88. The number of ketones is 1. The first-order chi connectivity index (χ1) is 18.4. The van der Waals surface area contributed by atoms with Crippen molar-refractivity contribution in [3.8, 4) is 22.6 Å². The van der Waals surface area contributed by atoms with Gasteiger partial charge >= 0.3 is 0 Å². The van der Waals surface area contributed by atoms with Gasteiger partial charge in [-0.2, -0.15) is 0 Å². The maximum absolute atomic E-state index is 14.8. The van der Waals surface area contributed by atoms with E-state index < -0.39 is 17.5 Å². The van der Waals surface area contributed by atoms with Crippen LogP contribution in [0.5, 0.6) is 11.5 Å². The molecule has 0 atom stereocenters. The lowest BCUT2D eigenvalue weighted by Gasteiger charge is -2.10. The highest BCUT2D eigenvalue weighted by atomic mass is 19.1. The van der Waals surface area contributed by atoms with Crippen LogP contribution >= 0.6 is 0 Å². The largest absolute Gasteiger partial charge is 0.507 e. The third-order valence-electron chi connectivity index (χ3n) is 6.40. The number of anilines is 1. The number of Topliss-reactive ketones (excluding diaryl/α,β-unsaturated/α-hetero) is 1. The monoisotopic (exact) mass is 505 g/mol. The number of pyridine rings is 1. The predicted octanol–water partition coefficient (Wildman–Crippen LogP) is 5.95. The van der Waals surface area contributed by atoms with E-state index in [9.17, 15) is 19.1 Å². The Morgan fingerprint density at radius 2 is 1.89 bits per heavy atom. The summed E-state index contributed by atoms with van der Waals surface area (Å²) in [6.07, 6.45) is 5.04. The number of phenols is 1.